The first-order valence-corrected chi connectivity index (χ1v) is 39.0. The zero-order chi connectivity index (χ0) is 67.1. The summed E-state index contributed by atoms with van der Waals surface area (Å²) in [7, 11) is -5.97. The summed E-state index contributed by atoms with van der Waals surface area (Å²) in [5.74, 6) is 0. The van der Waals surface area contributed by atoms with Crippen LogP contribution in [0.25, 0.3) is 82.5 Å². The lowest BCUT2D eigenvalue weighted by atomic mass is 9.34. The number of hydrogen-bond acceptors (Lipinski definition) is 4. The summed E-state index contributed by atoms with van der Waals surface area (Å²) in [6, 6.07) is 132. The first kappa shape index (κ1) is 56.8. The van der Waals surface area contributed by atoms with Crippen LogP contribution in [0.15, 0.2) is 340 Å². The molecule has 18 aromatic rings. The molecule has 0 saturated carbocycles. The van der Waals surface area contributed by atoms with Crippen molar-refractivity contribution >= 4 is 180 Å². The molecule has 15 aromatic carbocycles. The van der Waals surface area contributed by atoms with Crippen molar-refractivity contribution in [2.24, 2.45) is 0 Å². The lowest BCUT2D eigenvalue weighted by Crippen LogP contribution is -2.77. The first-order valence-electron chi connectivity index (χ1n) is 35.0. The molecule has 0 aliphatic carbocycles. The Morgan fingerprint density at radius 1 is 0.265 bits per heavy atom. The minimum Gasteiger partial charge on any atom is -0.311 e. The van der Waals surface area contributed by atoms with Crippen molar-refractivity contribution in [3.05, 3.63) is 351 Å². The number of nitriles is 2. The third-order valence-electron chi connectivity index (χ3n) is 23.0. The Labute approximate surface area is 590 Å². The normalized spacial score (nSPS) is 14.0. The molecule has 0 N–H and O–H groups in total. The molecular weight excluding hydrogens is 1270 g/mol. The summed E-state index contributed by atoms with van der Waals surface area (Å²) in [5, 5.41) is 42.4. The number of fused-ring (bicyclic) bond motifs is 17. The monoisotopic (exact) mass is 1330 g/mol. The molecule has 10 heteroatoms. The Morgan fingerprint density at radius 3 is 0.941 bits per heavy atom. The molecule has 4 aliphatic heterocycles. The predicted octanol–water partition coefficient (Wildman–Crippen LogP) is 14.2. The maximum Gasteiger partial charge on any atom is 0.252 e. The van der Waals surface area contributed by atoms with E-state index in [-0.39, 0.29) is 6.71 Å². The molecule has 7 heterocycles. The van der Waals surface area contributed by atoms with Crippen molar-refractivity contribution in [1.29, 1.82) is 10.5 Å². The van der Waals surface area contributed by atoms with E-state index >= 15 is 0 Å². The molecule has 7 nitrogen and oxygen atoms in total. The molecule has 0 bridgehead atoms. The molecule has 0 saturated heterocycles. The fraction of sp³-hybridized carbons (Fsp3) is 0. The van der Waals surface area contributed by atoms with Crippen molar-refractivity contribution in [3.63, 3.8) is 0 Å². The van der Waals surface area contributed by atoms with Crippen LogP contribution in [0.1, 0.15) is 11.1 Å². The van der Waals surface area contributed by atoms with Crippen LogP contribution in [0.2, 0.25) is 0 Å². The molecule has 0 fully saturated rings. The number of hydrogen-bond donors (Lipinski definition) is 0. The van der Waals surface area contributed by atoms with Crippen LogP contribution in [0.4, 0.5) is 34.1 Å². The van der Waals surface area contributed by atoms with E-state index in [1.807, 2.05) is 0 Å². The number of anilines is 6. The van der Waals surface area contributed by atoms with Gasteiger partial charge in [-0.1, -0.05) is 267 Å². The van der Waals surface area contributed by atoms with Gasteiger partial charge in [0, 0.05) is 77.5 Å². The van der Waals surface area contributed by atoms with Gasteiger partial charge in [0.25, 0.3) is 6.71 Å². The highest BCUT2D eigenvalue weighted by atomic mass is 28.3. The molecule has 470 valence electrons. The Balaban J connectivity index is 0.871. The summed E-state index contributed by atoms with van der Waals surface area (Å²) in [6.45, 7) is -0.297. The van der Waals surface area contributed by atoms with Gasteiger partial charge in [-0.15, -0.1) is 0 Å². The first-order chi connectivity index (χ1) is 50.6. The van der Waals surface area contributed by atoms with Crippen molar-refractivity contribution < 1.29 is 0 Å². The van der Waals surface area contributed by atoms with Gasteiger partial charge in [-0.05, 0) is 131 Å². The maximum absolute atomic E-state index is 12.7. The average Bonchev–Trinajstić information content (AvgIpc) is 1.42. The van der Waals surface area contributed by atoms with Crippen LogP contribution in [-0.2, 0) is 0 Å². The van der Waals surface area contributed by atoms with Crippen LogP contribution >= 0.6 is 0 Å². The van der Waals surface area contributed by atoms with Gasteiger partial charge in [0.15, 0.2) is 16.1 Å². The highest BCUT2D eigenvalue weighted by Gasteiger charge is 2.51. The molecule has 3 aromatic heterocycles. The van der Waals surface area contributed by atoms with Gasteiger partial charge in [-0.3, -0.25) is 0 Å². The quantitative estimate of drug-likeness (QED) is 0.149. The second kappa shape index (κ2) is 21.2. The standard InChI is InChI=1S/C92H56BN7Si2/c94-57-71-88(72(58-95)92-87-91(71)99-75-41-15-13-35-65(75)67-37-25-39-73(89(67)99)93(87)74-40-26-38-68-66-36-14-16-42-76(66)100(92)90(68)74)98-77-53-51-59(96-79-43-17-21-47-83(79)101(61-27-5-1-6-28-61,62-29-7-2-8-30-62)84-48-22-18-44-80(84)96)55-69(77)70-56-60(52-54-78(70)98)97-81-45-19-23-49-85(81)102(63-31-9-3-10-32-63,64-33-11-4-12-34-64)86-50-24-20-46-82(86)97/h1-56H. The Hall–Kier alpha value is -13.2. The largest absolute Gasteiger partial charge is 0.311 e. The highest BCUT2D eigenvalue weighted by molar-refractivity contribution is 7.22. The molecule has 0 spiro atoms. The second-order valence-electron chi connectivity index (χ2n) is 27.5. The topological polar surface area (TPSA) is 68.8 Å². The average molecular weight is 1330 g/mol. The number of benzene rings is 15. The van der Waals surface area contributed by atoms with Gasteiger partial charge >= 0.3 is 0 Å². The number of nitrogens with zero attached hydrogens (tertiary/aromatic N) is 7. The van der Waals surface area contributed by atoms with Crippen molar-refractivity contribution in [2.75, 3.05) is 9.80 Å². The summed E-state index contributed by atoms with van der Waals surface area (Å²) >= 11 is 0. The van der Waals surface area contributed by atoms with Crippen LogP contribution < -0.4 is 67.7 Å². The summed E-state index contributed by atoms with van der Waals surface area (Å²) in [6.07, 6.45) is 0. The molecule has 0 amide bonds. The Morgan fingerprint density at radius 2 is 0.578 bits per heavy atom. The van der Waals surface area contributed by atoms with Crippen molar-refractivity contribution in [2.45, 2.75) is 0 Å². The predicted molar refractivity (Wildman–Crippen MR) is 427 cm³/mol. The molecular formula is C92H56BN7Si2. The smallest absolute Gasteiger partial charge is 0.252 e. The zero-order valence-electron chi connectivity index (χ0n) is 55.0. The van der Waals surface area contributed by atoms with Gasteiger partial charge < -0.3 is 23.5 Å². The summed E-state index contributed by atoms with van der Waals surface area (Å²) in [5.41, 5.74) is 18.7. The molecule has 0 unspecified atom stereocenters. The number of para-hydroxylation sites is 8. The van der Waals surface area contributed by atoms with E-state index in [2.05, 4.69) is 375 Å². The van der Waals surface area contributed by atoms with E-state index in [9.17, 15) is 10.5 Å². The lowest BCUT2D eigenvalue weighted by Gasteiger charge is -2.45. The Bertz CT molecular complexity index is 6190. The minimum absolute atomic E-state index is 0.297. The summed E-state index contributed by atoms with van der Waals surface area (Å²) < 4.78 is 7.03. The number of rotatable bonds is 7. The molecule has 4 aliphatic rings. The lowest BCUT2D eigenvalue weighted by molar-refractivity contribution is 1.08. The van der Waals surface area contributed by atoms with Crippen LogP contribution in [0.3, 0.4) is 0 Å². The molecule has 102 heavy (non-hydrogen) atoms. The van der Waals surface area contributed by atoms with Gasteiger partial charge in [-0.25, -0.2) is 0 Å². The van der Waals surface area contributed by atoms with Crippen molar-refractivity contribution in [1.82, 2.24) is 13.7 Å². The third kappa shape index (κ3) is 7.15. The van der Waals surface area contributed by atoms with Gasteiger partial charge in [0.05, 0.1) is 39.1 Å². The second-order valence-corrected chi connectivity index (χ2v) is 35.0. The van der Waals surface area contributed by atoms with E-state index in [1.54, 1.807) is 0 Å². The fourth-order valence-electron chi connectivity index (χ4n) is 19.3. The molecule has 0 radical (unpaired) electrons. The van der Waals surface area contributed by atoms with Crippen LogP contribution in [0.5, 0.6) is 0 Å². The fourth-order valence-corrected chi connectivity index (χ4v) is 29.5. The highest BCUT2D eigenvalue weighted by Crippen LogP contribution is 2.49. The van der Waals surface area contributed by atoms with E-state index in [0.29, 0.717) is 16.8 Å². The molecule has 0 atom stereocenters. The molecule has 22 rings (SSSR count). The van der Waals surface area contributed by atoms with Crippen molar-refractivity contribution in [3.8, 4) is 29.2 Å². The summed E-state index contributed by atoms with van der Waals surface area (Å²) in [4.78, 5) is 4.99. The maximum atomic E-state index is 12.7. The van der Waals surface area contributed by atoms with E-state index < -0.39 is 16.1 Å². The Kier molecular flexibility index (Phi) is 11.8. The van der Waals surface area contributed by atoms with E-state index in [1.165, 1.54) is 41.5 Å². The van der Waals surface area contributed by atoms with E-state index in [0.717, 1.165) is 127 Å². The number of aromatic nitrogens is 3. The van der Waals surface area contributed by atoms with Crippen LogP contribution in [-0.4, -0.2) is 36.6 Å². The van der Waals surface area contributed by atoms with E-state index in [4.69, 9.17) is 0 Å². The third-order valence-corrected chi connectivity index (χ3v) is 32.7. The minimum atomic E-state index is -2.99. The van der Waals surface area contributed by atoms with Crippen LogP contribution in [0, 0.1) is 22.7 Å². The van der Waals surface area contributed by atoms with Gasteiger partial charge in [0.1, 0.15) is 23.3 Å². The SMILES string of the molecule is N#Cc1c(-n2c3ccc(N4c5ccccc5[Si](c5ccccc5)(c5ccccc5)c5ccccc54)cc3c3cc(N4c5ccccc5[Si](c5ccccc5)(c5ccccc5)c5ccccc54)ccc32)c(C#N)c2c3c1-n1c4ccccc4c4cccc(c41)B3c1cccc3c4ccccc4n-2c13. The van der Waals surface area contributed by atoms with Gasteiger partial charge in [-0.2, -0.15) is 10.5 Å². The zero-order valence-corrected chi connectivity index (χ0v) is 57.0. The van der Waals surface area contributed by atoms with Gasteiger partial charge in [0.2, 0.25) is 0 Å².